The number of non-ortho nitro benzene ring substituents is 2. The maximum atomic E-state index is 13.8. The van der Waals surface area contributed by atoms with Crippen molar-refractivity contribution in [1.82, 2.24) is 5.32 Å². The number of hydrogen-bond acceptors (Lipinski definition) is 13. The number of alkyl carbamates (subject to hydrolysis) is 1. The molecule has 0 fully saturated rings. The molecule has 1 unspecified atom stereocenters. The number of esters is 1. The summed E-state index contributed by atoms with van der Waals surface area (Å²) >= 11 is 0. The standard InChI is InChI=1S/C30H34N3O13P/c1-30(2,3)46-29(35)31-27(28(34)42-17-21-9-15-26(41-4)16-10-21)20-45-47(40,43-18-22-5-11-24(12-6-22)32(36)37)44-19-23-7-13-25(14-8-23)33(38)39/h5-16,27H,17-20H2,1-4H3,(H,31,35). The highest BCUT2D eigenvalue weighted by atomic mass is 31.2. The molecule has 252 valence electrons. The first-order valence-electron chi connectivity index (χ1n) is 14.0. The highest BCUT2D eigenvalue weighted by Gasteiger charge is 2.33. The van der Waals surface area contributed by atoms with Crippen LogP contribution in [0.15, 0.2) is 72.8 Å². The summed E-state index contributed by atoms with van der Waals surface area (Å²) in [6.07, 6.45) is -0.985. The Hall–Kier alpha value is -4.89. The van der Waals surface area contributed by atoms with Crippen LogP contribution in [-0.2, 0) is 52.2 Å². The molecule has 16 nitrogen and oxygen atoms in total. The minimum atomic E-state index is -4.56. The first-order valence-corrected chi connectivity index (χ1v) is 15.4. The van der Waals surface area contributed by atoms with Crippen LogP contribution in [-0.4, -0.2) is 47.3 Å². The lowest BCUT2D eigenvalue weighted by molar-refractivity contribution is -0.385. The normalized spacial score (nSPS) is 12.1. The fourth-order valence-electron chi connectivity index (χ4n) is 3.61. The number of carbonyl (C=O) groups is 2. The number of ether oxygens (including phenoxy) is 3. The van der Waals surface area contributed by atoms with Gasteiger partial charge >= 0.3 is 19.9 Å². The lowest BCUT2D eigenvalue weighted by atomic mass is 10.2. The number of nitro benzene ring substituents is 2. The van der Waals surface area contributed by atoms with Gasteiger partial charge in [-0.3, -0.25) is 33.8 Å². The molecule has 0 saturated heterocycles. The molecule has 0 spiro atoms. The Labute approximate surface area is 269 Å². The first-order chi connectivity index (χ1) is 22.2. The molecular formula is C30H34N3O13P. The Morgan fingerprint density at radius 3 is 1.64 bits per heavy atom. The summed E-state index contributed by atoms with van der Waals surface area (Å²) in [6, 6.07) is 15.5. The predicted octanol–water partition coefficient (Wildman–Crippen LogP) is 6.01. The molecule has 0 heterocycles. The molecule has 0 radical (unpaired) electrons. The number of methoxy groups -OCH3 is 1. The van der Waals surface area contributed by atoms with E-state index in [1.807, 2.05) is 0 Å². The van der Waals surface area contributed by atoms with Crippen molar-refractivity contribution >= 4 is 31.3 Å². The molecule has 0 aliphatic heterocycles. The van der Waals surface area contributed by atoms with Gasteiger partial charge in [-0.25, -0.2) is 14.2 Å². The fourth-order valence-corrected chi connectivity index (χ4v) is 4.78. The minimum Gasteiger partial charge on any atom is -0.497 e. The highest BCUT2D eigenvalue weighted by Crippen LogP contribution is 2.51. The number of rotatable bonds is 16. The number of nitro groups is 2. The summed E-state index contributed by atoms with van der Waals surface area (Å²) in [4.78, 5) is 46.5. The van der Waals surface area contributed by atoms with Crippen molar-refractivity contribution in [3.8, 4) is 5.75 Å². The molecule has 0 bridgehead atoms. The molecular weight excluding hydrogens is 641 g/mol. The molecule has 0 aliphatic rings. The van der Waals surface area contributed by atoms with Gasteiger partial charge in [0.25, 0.3) is 11.4 Å². The third-order valence-corrected chi connectivity index (χ3v) is 7.34. The Balaban J connectivity index is 1.78. The van der Waals surface area contributed by atoms with Gasteiger partial charge in [0.15, 0.2) is 6.04 Å². The monoisotopic (exact) mass is 675 g/mol. The molecule has 1 N–H and O–H groups in total. The highest BCUT2D eigenvalue weighted by molar-refractivity contribution is 7.48. The van der Waals surface area contributed by atoms with Crippen LogP contribution in [0.25, 0.3) is 0 Å². The van der Waals surface area contributed by atoms with E-state index in [1.54, 1.807) is 45.0 Å². The van der Waals surface area contributed by atoms with Crippen LogP contribution in [0.4, 0.5) is 16.2 Å². The quantitative estimate of drug-likeness (QED) is 0.0801. The molecule has 0 aromatic heterocycles. The van der Waals surface area contributed by atoms with Crippen molar-refractivity contribution in [3.05, 3.63) is 110 Å². The van der Waals surface area contributed by atoms with Gasteiger partial charge in [-0.2, -0.15) is 0 Å². The van der Waals surface area contributed by atoms with E-state index >= 15 is 0 Å². The fraction of sp³-hybridized carbons (Fsp3) is 0.333. The Kier molecular flexibility index (Phi) is 12.9. The average molecular weight is 676 g/mol. The second-order valence-corrected chi connectivity index (χ2v) is 12.5. The van der Waals surface area contributed by atoms with Crippen molar-refractivity contribution in [2.45, 2.75) is 52.2 Å². The van der Waals surface area contributed by atoms with E-state index < -0.39 is 48.0 Å². The van der Waals surface area contributed by atoms with E-state index in [1.165, 1.54) is 55.6 Å². The molecule has 1 amide bonds. The number of phosphoric ester groups is 1. The number of hydrogen-bond donors (Lipinski definition) is 1. The Morgan fingerprint density at radius 1 is 0.766 bits per heavy atom. The van der Waals surface area contributed by atoms with Crippen LogP contribution in [0.2, 0.25) is 0 Å². The number of nitrogens with zero attached hydrogens (tertiary/aromatic N) is 2. The lowest BCUT2D eigenvalue weighted by Crippen LogP contribution is -2.46. The summed E-state index contributed by atoms with van der Waals surface area (Å²) in [5.74, 6) is -0.361. The summed E-state index contributed by atoms with van der Waals surface area (Å²) in [5.41, 5.74) is 0.0964. The predicted molar refractivity (Wildman–Crippen MR) is 165 cm³/mol. The van der Waals surface area contributed by atoms with Gasteiger partial charge in [-0.15, -0.1) is 0 Å². The van der Waals surface area contributed by atoms with Gasteiger partial charge in [-0.1, -0.05) is 12.1 Å². The zero-order valence-corrected chi connectivity index (χ0v) is 26.9. The number of phosphoric acid groups is 1. The third-order valence-electron chi connectivity index (χ3n) is 5.99. The van der Waals surface area contributed by atoms with Crippen LogP contribution in [0.5, 0.6) is 5.75 Å². The molecule has 3 rings (SSSR count). The van der Waals surface area contributed by atoms with Crippen LogP contribution in [0.3, 0.4) is 0 Å². The van der Waals surface area contributed by atoms with Crippen LogP contribution in [0.1, 0.15) is 37.5 Å². The van der Waals surface area contributed by atoms with Gasteiger partial charge in [0.05, 0.1) is 36.8 Å². The van der Waals surface area contributed by atoms with E-state index in [9.17, 15) is 34.4 Å². The molecule has 1 atom stereocenters. The van der Waals surface area contributed by atoms with Crippen molar-refractivity contribution in [1.29, 1.82) is 0 Å². The minimum absolute atomic E-state index is 0.174. The van der Waals surface area contributed by atoms with Gasteiger partial charge < -0.3 is 19.5 Å². The number of benzene rings is 3. The molecule has 47 heavy (non-hydrogen) atoms. The van der Waals surface area contributed by atoms with E-state index in [4.69, 9.17) is 27.8 Å². The van der Waals surface area contributed by atoms with E-state index in [2.05, 4.69) is 5.32 Å². The SMILES string of the molecule is COc1ccc(COC(=O)C(COP(=O)(OCc2ccc([N+](=O)[O-])cc2)OCc2ccc([N+](=O)[O-])cc2)NC(=O)OC(C)(C)C)cc1. The number of nitrogens with one attached hydrogen (secondary N) is 1. The van der Waals surface area contributed by atoms with Gasteiger partial charge in [0, 0.05) is 24.3 Å². The van der Waals surface area contributed by atoms with Crippen LogP contribution >= 0.6 is 7.82 Å². The zero-order chi connectivity index (χ0) is 34.6. The number of amides is 1. The van der Waals surface area contributed by atoms with E-state index in [0.717, 1.165) is 0 Å². The molecule has 3 aromatic carbocycles. The van der Waals surface area contributed by atoms with Gasteiger partial charge in [0.2, 0.25) is 0 Å². The second kappa shape index (κ2) is 16.6. The topological polar surface area (TPSA) is 205 Å². The van der Waals surface area contributed by atoms with Crippen LogP contribution in [0, 0.1) is 20.2 Å². The Bertz CT molecular complexity index is 1510. The van der Waals surface area contributed by atoms with Crippen molar-refractivity contribution in [2.75, 3.05) is 13.7 Å². The molecule has 3 aromatic rings. The molecule has 0 aliphatic carbocycles. The summed E-state index contributed by atoms with van der Waals surface area (Å²) in [6.45, 7) is 3.15. The largest absolute Gasteiger partial charge is 0.497 e. The van der Waals surface area contributed by atoms with Crippen molar-refractivity contribution < 1.29 is 51.8 Å². The Morgan fingerprint density at radius 2 is 1.21 bits per heavy atom. The van der Waals surface area contributed by atoms with Crippen LogP contribution < -0.4 is 10.1 Å². The average Bonchev–Trinajstić information content (AvgIpc) is 3.03. The van der Waals surface area contributed by atoms with Crippen molar-refractivity contribution in [2.24, 2.45) is 0 Å². The smallest absolute Gasteiger partial charge is 0.475 e. The molecule has 0 saturated carbocycles. The molecule has 17 heteroatoms. The summed E-state index contributed by atoms with van der Waals surface area (Å²) in [5, 5.41) is 24.3. The van der Waals surface area contributed by atoms with Crippen molar-refractivity contribution in [3.63, 3.8) is 0 Å². The summed E-state index contributed by atoms with van der Waals surface area (Å²) < 4.78 is 46.0. The summed E-state index contributed by atoms with van der Waals surface area (Å²) in [7, 11) is -3.05. The van der Waals surface area contributed by atoms with E-state index in [0.29, 0.717) is 22.4 Å². The lowest BCUT2D eigenvalue weighted by Gasteiger charge is -2.24. The third kappa shape index (κ3) is 12.4. The van der Waals surface area contributed by atoms with Gasteiger partial charge in [0.1, 0.15) is 18.0 Å². The first kappa shape index (κ1) is 36.6. The van der Waals surface area contributed by atoms with Gasteiger partial charge in [-0.05, 0) is 73.9 Å². The maximum Gasteiger partial charge on any atom is 0.475 e. The number of carbonyl (C=O) groups excluding carboxylic acids is 2. The van der Waals surface area contributed by atoms with E-state index in [-0.39, 0.29) is 31.2 Å². The zero-order valence-electron chi connectivity index (χ0n) is 26.0. The second-order valence-electron chi connectivity index (χ2n) is 10.8. The maximum absolute atomic E-state index is 13.8.